The zero-order chi connectivity index (χ0) is 20.4. The fourth-order valence-corrected chi connectivity index (χ4v) is 4.24. The molecule has 1 atom stereocenters. The van der Waals surface area contributed by atoms with E-state index >= 15 is 0 Å². The van der Waals surface area contributed by atoms with Crippen LogP contribution >= 0.6 is 0 Å². The van der Waals surface area contributed by atoms with E-state index in [-0.39, 0.29) is 11.8 Å². The molecule has 152 valence electrons. The summed E-state index contributed by atoms with van der Waals surface area (Å²) in [7, 11) is 0. The Bertz CT molecular complexity index is 875. The summed E-state index contributed by atoms with van der Waals surface area (Å²) in [6.45, 7) is 7.54. The van der Waals surface area contributed by atoms with E-state index in [4.69, 9.17) is 0 Å². The van der Waals surface area contributed by atoms with E-state index < -0.39 is 6.04 Å². The number of rotatable bonds is 5. The summed E-state index contributed by atoms with van der Waals surface area (Å²) < 4.78 is 0. The molecule has 2 amide bonds. The lowest BCUT2D eigenvalue weighted by Crippen LogP contribution is -2.55. The Labute approximate surface area is 172 Å². The Morgan fingerprint density at radius 3 is 2.41 bits per heavy atom. The second-order valence-electron chi connectivity index (χ2n) is 8.24. The van der Waals surface area contributed by atoms with E-state index in [0.717, 1.165) is 30.0 Å². The molecule has 1 fully saturated rings. The highest BCUT2D eigenvalue weighted by atomic mass is 16.2. The third-order valence-corrected chi connectivity index (χ3v) is 5.77. The summed E-state index contributed by atoms with van der Waals surface area (Å²) in [6, 6.07) is 13.2. The molecule has 0 saturated carbocycles. The number of carbonyl (C=O) groups excluding carboxylic acids is 2. The average Bonchev–Trinajstić information content (AvgIpc) is 3.09. The number of aromatic nitrogens is 1. The van der Waals surface area contributed by atoms with Gasteiger partial charge in [-0.1, -0.05) is 38.1 Å². The van der Waals surface area contributed by atoms with Gasteiger partial charge in [-0.3, -0.25) is 9.59 Å². The summed E-state index contributed by atoms with van der Waals surface area (Å²) in [5.41, 5.74) is 1.74. The number of piperazine rings is 1. The van der Waals surface area contributed by atoms with Gasteiger partial charge in [-0.25, -0.2) is 4.98 Å². The van der Waals surface area contributed by atoms with Gasteiger partial charge in [0.25, 0.3) is 5.91 Å². The van der Waals surface area contributed by atoms with E-state index in [0.29, 0.717) is 32.0 Å². The largest absolute Gasteiger partial charge is 0.353 e. The van der Waals surface area contributed by atoms with Gasteiger partial charge in [0.05, 0.1) is 0 Å². The third kappa shape index (κ3) is 3.97. The topological polar surface area (TPSA) is 56.8 Å². The summed E-state index contributed by atoms with van der Waals surface area (Å²) in [6.07, 6.45) is 2.47. The standard InChI is InChI=1S/C23H28N4O2/c1-17(2)15-20(27-16-18-7-3-4-8-19(18)22(27)28)23(29)26-13-11-25(12-14-26)21-9-5-6-10-24-21/h3-10,17,20H,11-16H2,1-2H3/t20-/m1/s1. The van der Waals surface area contributed by atoms with E-state index in [9.17, 15) is 9.59 Å². The molecule has 0 radical (unpaired) electrons. The molecule has 2 aliphatic heterocycles. The predicted octanol–water partition coefficient (Wildman–Crippen LogP) is 2.80. The predicted molar refractivity (Wildman–Crippen MR) is 113 cm³/mol. The van der Waals surface area contributed by atoms with Crippen molar-refractivity contribution in [2.75, 3.05) is 31.1 Å². The fourth-order valence-electron chi connectivity index (χ4n) is 4.24. The van der Waals surface area contributed by atoms with Crippen LogP contribution in [0.15, 0.2) is 48.7 Å². The zero-order valence-electron chi connectivity index (χ0n) is 17.1. The van der Waals surface area contributed by atoms with Crippen LogP contribution in [0.5, 0.6) is 0 Å². The van der Waals surface area contributed by atoms with Crippen LogP contribution in [0.4, 0.5) is 5.82 Å². The molecule has 2 aliphatic rings. The maximum absolute atomic E-state index is 13.5. The molecule has 6 heteroatoms. The Balaban J connectivity index is 1.47. The molecule has 2 aromatic rings. The van der Waals surface area contributed by atoms with Crippen molar-refractivity contribution in [1.82, 2.24) is 14.8 Å². The first-order valence-electron chi connectivity index (χ1n) is 10.4. The summed E-state index contributed by atoms with van der Waals surface area (Å²) in [5.74, 6) is 1.33. The number of hydrogen-bond donors (Lipinski definition) is 0. The Hall–Kier alpha value is -2.89. The van der Waals surface area contributed by atoms with Crippen LogP contribution in [-0.4, -0.2) is 58.8 Å². The number of hydrogen-bond acceptors (Lipinski definition) is 4. The van der Waals surface area contributed by atoms with Gasteiger partial charge in [-0.05, 0) is 36.1 Å². The van der Waals surface area contributed by atoms with Gasteiger partial charge < -0.3 is 14.7 Å². The molecule has 0 unspecified atom stereocenters. The van der Waals surface area contributed by atoms with Crippen molar-refractivity contribution >= 4 is 17.6 Å². The smallest absolute Gasteiger partial charge is 0.255 e. The molecular weight excluding hydrogens is 364 g/mol. The maximum atomic E-state index is 13.5. The highest BCUT2D eigenvalue weighted by molar-refractivity contribution is 6.01. The average molecular weight is 393 g/mol. The summed E-state index contributed by atoms with van der Waals surface area (Å²) >= 11 is 0. The number of fused-ring (bicyclic) bond motifs is 1. The van der Waals surface area contributed by atoms with Gasteiger partial charge in [0, 0.05) is 44.5 Å². The minimum Gasteiger partial charge on any atom is -0.353 e. The van der Waals surface area contributed by atoms with Gasteiger partial charge >= 0.3 is 0 Å². The summed E-state index contributed by atoms with van der Waals surface area (Å²) in [4.78, 5) is 36.8. The van der Waals surface area contributed by atoms with E-state index in [2.05, 4.69) is 23.7 Å². The van der Waals surface area contributed by atoms with Crippen molar-refractivity contribution in [3.05, 3.63) is 59.8 Å². The molecule has 0 aliphatic carbocycles. The highest BCUT2D eigenvalue weighted by Crippen LogP contribution is 2.28. The molecule has 0 spiro atoms. The minimum atomic E-state index is -0.406. The zero-order valence-corrected chi connectivity index (χ0v) is 17.1. The number of benzene rings is 1. The number of pyridine rings is 1. The number of nitrogens with zero attached hydrogens (tertiary/aromatic N) is 4. The van der Waals surface area contributed by atoms with Crippen molar-refractivity contribution in [3.8, 4) is 0 Å². The maximum Gasteiger partial charge on any atom is 0.255 e. The molecule has 1 aromatic carbocycles. The van der Waals surface area contributed by atoms with Gasteiger partial charge in [-0.15, -0.1) is 0 Å². The first kappa shape index (κ1) is 19.4. The van der Waals surface area contributed by atoms with Gasteiger partial charge in [-0.2, -0.15) is 0 Å². The van der Waals surface area contributed by atoms with Crippen LogP contribution in [0.1, 0.15) is 36.2 Å². The van der Waals surface area contributed by atoms with Crippen molar-refractivity contribution < 1.29 is 9.59 Å². The third-order valence-electron chi connectivity index (χ3n) is 5.77. The van der Waals surface area contributed by atoms with Crippen molar-refractivity contribution in [1.29, 1.82) is 0 Å². The number of anilines is 1. The lowest BCUT2D eigenvalue weighted by atomic mass is 10.0. The van der Waals surface area contributed by atoms with E-state index in [1.165, 1.54) is 0 Å². The Morgan fingerprint density at radius 2 is 1.76 bits per heavy atom. The van der Waals surface area contributed by atoms with E-state index in [1.54, 1.807) is 11.1 Å². The first-order chi connectivity index (χ1) is 14.0. The fraction of sp³-hybridized carbons (Fsp3) is 0.435. The Kier molecular flexibility index (Phi) is 5.51. The molecule has 1 saturated heterocycles. The van der Waals surface area contributed by atoms with E-state index in [1.807, 2.05) is 47.4 Å². The van der Waals surface area contributed by atoms with Crippen molar-refractivity contribution in [2.45, 2.75) is 32.9 Å². The second kappa shape index (κ2) is 8.23. The van der Waals surface area contributed by atoms with Crippen LogP contribution in [0.2, 0.25) is 0 Å². The summed E-state index contributed by atoms with van der Waals surface area (Å²) in [5, 5.41) is 0. The molecule has 6 nitrogen and oxygen atoms in total. The SMILES string of the molecule is CC(C)C[C@H](C(=O)N1CCN(c2ccccn2)CC1)N1Cc2ccccc2C1=O. The normalized spacial score (nSPS) is 17.6. The quantitative estimate of drug-likeness (QED) is 0.785. The van der Waals surface area contributed by atoms with Crippen LogP contribution < -0.4 is 4.90 Å². The second-order valence-corrected chi connectivity index (χ2v) is 8.24. The lowest BCUT2D eigenvalue weighted by Gasteiger charge is -2.39. The van der Waals surface area contributed by atoms with Crippen LogP contribution in [0.3, 0.4) is 0 Å². The molecule has 3 heterocycles. The number of amides is 2. The monoisotopic (exact) mass is 392 g/mol. The minimum absolute atomic E-state index is 0.0216. The van der Waals surface area contributed by atoms with Crippen molar-refractivity contribution in [3.63, 3.8) is 0 Å². The highest BCUT2D eigenvalue weighted by Gasteiger charge is 2.38. The molecule has 4 rings (SSSR count). The van der Waals surface area contributed by atoms with Crippen molar-refractivity contribution in [2.24, 2.45) is 5.92 Å². The van der Waals surface area contributed by atoms with Crippen LogP contribution in [0, 0.1) is 5.92 Å². The van der Waals surface area contributed by atoms with Gasteiger partial charge in [0.1, 0.15) is 11.9 Å². The van der Waals surface area contributed by atoms with Crippen LogP contribution in [-0.2, 0) is 11.3 Å². The Morgan fingerprint density at radius 1 is 1.03 bits per heavy atom. The molecule has 1 aromatic heterocycles. The molecular formula is C23H28N4O2. The number of carbonyl (C=O) groups is 2. The van der Waals surface area contributed by atoms with Gasteiger partial charge in [0.15, 0.2) is 0 Å². The molecule has 0 bridgehead atoms. The van der Waals surface area contributed by atoms with Crippen LogP contribution in [0.25, 0.3) is 0 Å². The molecule has 29 heavy (non-hydrogen) atoms. The molecule has 0 N–H and O–H groups in total. The van der Waals surface area contributed by atoms with Gasteiger partial charge in [0.2, 0.25) is 5.91 Å². The lowest BCUT2D eigenvalue weighted by molar-refractivity contribution is -0.137. The first-order valence-corrected chi connectivity index (χ1v) is 10.4.